The van der Waals surface area contributed by atoms with Crippen molar-refractivity contribution < 1.29 is 18.7 Å². The van der Waals surface area contributed by atoms with Gasteiger partial charge in [-0.3, -0.25) is 4.99 Å². The highest BCUT2D eigenvalue weighted by molar-refractivity contribution is 6.10. The van der Waals surface area contributed by atoms with Crippen molar-refractivity contribution in [3.05, 3.63) is 70.8 Å². The topological polar surface area (TPSA) is 47.9 Å². The molecule has 25 heavy (non-hydrogen) atoms. The number of nitrogens with zero attached hydrogens (tertiary/aromatic N) is 1. The zero-order chi connectivity index (χ0) is 17.8. The van der Waals surface area contributed by atoms with Gasteiger partial charge >= 0.3 is 5.97 Å². The first kappa shape index (κ1) is 17.1. The molecule has 0 fully saturated rings. The normalized spacial score (nSPS) is 21.6. The molecule has 0 saturated carbocycles. The van der Waals surface area contributed by atoms with Crippen LogP contribution in [-0.2, 0) is 20.9 Å². The smallest absolute Gasteiger partial charge is 0.343 e. The Morgan fingerprint density at radius 2 is 2.12 bits per heavy atom. The van der Waals surface area contributed by atoms with Crippen LogP contribution in [0.1, 0.15) is 19.4 Å². The number of dihydropyridines is 1. The van der Waals surface area contributed by atoms with Crippen LogP contribution in [0.3, 0.4) is 0 Å². The molecule has 2 atom stereocenters. The average Bonchev–Trinajstić information content (AvgIpc) is 2.61. The molecule has 1 aromatic rings. The number of benzene rings is 1. The SMILES string of the molecule is CCOC(=O)C1=C(OCc2ccccc2F)[C@@H]2C=C(C)C=C[C@H]2N=C1. The van der Waals surface area contributed by atoms with E-state index in [9.17, 15) is 9.18 Å². The largest absolute Gasteiger partial charge is 0.491 e. The van der Waals surface area contributed by atoms with Gasteiger partial charge in [-0.1, -0.05) is 42.0 Å². The lowest BCUT2D eigenvalue weighted by Crippen LogP contribution is -2.29. The van der Waals surface area contributed by atoms with Gasteiger partial charge in [-0.15, -0.1) is 0 Å². The third-order valence-electron chi connectivity index (χ3n) is 4.15. The fraction of sp³-hybridized carbons (Fsp3) is 0.300. The van der Waals surface area contributed by atoms with Gasteiger partial charge in [0.25, 0.3) is 0 Å². The predicted molar refractivity (Wildman–Crippen MR) is 93.5 cm³/mol. The quantitative estimate of drug-likeness (QED) is 0.767. The summed E-state index contributed by atoms with van der Waals surface area (Å²) in [6, 6.07) is 6.30. The summed E-state index contributed by atoms with van der Waals surface area (Å²) < 4.78 is 24.9. The van der Waals surface area contributed by atoms with E-state index < -0.39 is 5.97 Å². The molecule has 1 heterocycles. The standard InChI is InChI=1S/C20H20FNO3/c1-3-24-20(23)16-11-22-18-9-8-13(2)10-15(18)19(16)25-12-14-6-4-5-7-17(14)21/h4-11,15,18H,3,12H2,1-2H3/t15-,18-/m1/s1. The van der Waals surface area contributed by atoms with E-state index in [0.29, 0.717) is 16.9 Å². The summed E-state index contributed by atoms with van der Waals surface area (Å²) in [7, 11) is 0. The number of aliphatic imine (C=N–C) groups is 1. The van der Waals surface area contributed by atoms with Crippen molar-refractivity contribution >= 4 is 12.2 Å². The molecule has 0 amide bonds. The molecule has 0 saturated heterocycles. The Morgan fingerprint density at radius 1 is 1.32 bits per heavy atom. The van der Waals surface area contributed by atoms with Crippen LogP contribution < -0.4 is 0 Å². The van der Waals surface area contributed by atoms with Gasteiger partial charge in [-0.25, -0.2) is 9.18 Å². The Morgan fingerprint density at radius 3 is 2.88 bits per heavy atom. The zero-order valence-electron chi connectivity index (χ0n) is 14.2. The molecule has 0 unspecified atom stereocenters. The first-order chi connectivity index (χ1) is 12.1. The predicted octanol–water partition coefficient (Wildman–Crippen LogP) is 3.74. The minimum absolute atomic E-state index is 0.0403. The van der Waals surface area contributed by atoms with E-state index in [4.69, 9.17) is 9.47 Å². The summed E-state index contributed by atoms with van der Waals surface area (Å²) in [5.74, 6) is -0.530. The molecule has 0 aromatic heterocycles. The molecular weight excluding hydrogens is 321 g/mol. The molecular formula is C20H20FNO3. The number of hydrogen-bond acceptors (Lipinski definition) is 4. The van der Waals surface area contributed by atoms with Crippen molar-refractivity contribution in [2.75, 3.05) is 6.61 Å². The Bertz CT molecular complexity index is 792. The van der Waals surface area contributed by atoms with Gasteiger partial charge in [0.2, 0.25) is 0 Å². The Labute approximate surface area is 146 Å². The van der Waals surface area contributed by atoms with Crippen LogP contribution >= 0.6 is 0 Å². The van der Waals surface area contributed by atoms with Crippen LogP contribution in [0.5, 0.6) is 0 Å². The van der Waals surface area contributed by atoms with Crippen LogP contribution in [-0.4, -0.2) is 24.8 Å². The first-order valence-electron chi connectivity index (χ1n) is 8.27. The van der Waals surface area contributed by atoms with Crippen LogP contribution in [0.15, 0.2) is 64.4 Å². The number of rotatable bonds is 5. The molecule has 5 heteroatoms. The minimum atomic E-state index is -0.478. The summed E-state index contributed by atoms with van der Waals surface area (Å²) >= 11 is 0. The number of fused-ring (bicyclic) bond motifs is 1. The van der Waals surface area contributed by atoms with E-state index >= 15 is 0 Å². The summed E-state index contributed by atoms with van der Waals surface area (Å²) in [6.45, 7) is 4.02. The number of halogens is 1. The number of hydrogen-bond donors (Lipinski definition) is 0. The van der Waals surface area contributed by atoms with Crippen LogP contribution in [0, 0.1) is 11.7 Å². The van der Waals surface area contributed by atoms with Crippen molar-refractivity contribution in [3.8, 4) is 0 Å². The molecule has 2 aliphatic rings. The highest BCUT2D eigenvalue weighted by atomic mass is 19.1. The van der Waals surface area contributed by atoms with Crippen molar-refractivity contribution in [2.45, 2.75) is 26.5 Å². The molecule has 3 rings (SSSR count). The maximum Gasteiger partial charge on any atom is 0.343 e. The van der Waals surface area contributed by atoms with Gasteiger partial charge in [0.1, 0.15) is 23.8 Å². The third-order valence-corrected chi connectivity index (χ3v) is 4.15. The van der Waals surface area contributed by atoms with Crippen molar-refractivity contribution in [2.24, 2.45) is 10.9 Å². The van der Waals surface area contributed by atoms with E-state index in [1.807, 2.05) is 25.2 Å². The number of carbonyl (C=O) groups excluding carboxylic acids is 1. The highest BCUT2D eigenvalue weighted by Gasteiger charge is 2.33. The molecule has 0 bridgehead atoms. The molecule has 1 aliphatic carbocycles. The van der Waals surface area contributed by atoms with Gasteiger partial charge in [0.15, 0.2) is 0 Å². The van der Waals surface area contributed by atoms with Crippen molar-refractivity contribution in [1.29, 1.82) is 0 Å². The molecule has 1 aliphatic heterocycles. The fourth-order valence-corrected chi connectivity index (χ4v) is 2.89. The lowest BCUT2D eigenvalue weighted by molar-refractivity contribution is -0.138. The lowest BCUT2D eigenvalue weighted by Gasteiger charge is -2.29. The molecule has 0 radical (unpaired) electrons. The lowest BCUT2D eigenvalue weighted by atomic mass is 9.87. The third kappa shape index (κ3) is 3.71. The fourth-order valence-electron chi connectivity index (χ4n) is 2.89. The van der Waals surface area contributed by atoms with E-state index in [1.165, 1.54) is 12.3 Å². The van der Waals surface area contributed by atoms with E-state index in [2.05, 4.69) is 4.99 Å². The second-order valence-electron chi connectivity index (χ2n) is 5.94. The Hall–Kier alpha value is -2.69. The van der Waals surface area contributed by atoms with E-state index in [0.717, 1.165) is 5.57 Å². The number of allylic oxidation sites excluding steroid dienone is 2. The minimum Gasteiger partial charge on any atom is -0.491 e. The number of ether oxygens (including phenoxy) is 2. The highest BCUT2D eigenvalue weighted by Crippen LogP contribution is 2.33. The Kier molecular flexibility index (Phi) is 5.12. The summed E-state index contributed by atoms with van der Waals surface area (Å²) in [5.41, 5.74) is 1.79. The van der Waals surface area contributed by atoms with Crippen LogP contribution in [0.4, 0.5) is 4.39 Å². The molecule has 130 valence electrons. The number of carbonyl (C=O) groups is 1. The molecule has 0 N–H and O–H groups in total. The van der Waals surface area contributed by atoms with Crippen LogP contribution in [0.25, 0.3) is 0 Å². The zero-order valence-corrected chi connectivity index (χ0v) is 14.2. The maximum absolute atomic E-state index is 13.9. The first-order valence-corrected chi connectivity index (χ1v) is 8.27. The van der Waals surface area contributed by atoms with E-state index in [-0.39, 0.29) is 31.0 Å². The summed E-state index contributed by atoms with van der Waals surface area (Å²) in [4.78, 5) is 16.7. The molecule has 0 spiro atoms. The van der Waals surface area contributed by atoms with Gasteiger partial charge in [0, 0.05) is 11.8 Å². The van der Waals surface area contributed by atoms with E-state index in [1.54, 1.807) is 25.1 Å². The average molecular weight is 341 g/mol. The monoisotopic (exact) mass is 341 g/mol. The Balaban J connectivity index is 1.92. The molecule has 4 nitrogen and oxygen atoms in total. The second kappa shape index (κ2) is 7.47. The van der Waals surface area contributed by atoms with Gasteiger partial charge < -0.3 is 9.47 Å². The maximum atomic E-state index is 13.9. The van der Waals surface area contributed by atoms with Crippen LogP contribution in [0.2, 0.25) is 0 Å². The second-order valence-corrected chi connectivity index (χ2v) is 5.94. The van der Waals surface area contributed by atoms with Gasteiger partial charge in [-0.2, -0.15) is 0 Å². The number of esters is 1. The summed E-state index contributed by atoms with van der Waals surface area (Å²) in [6.07, 6.45) is 7.47. The van der Waals surface area contributed by atoms with Crippen molar-refractivity contribution in [3.63, 3.8) is 0 Å². The van der Waals surface area contributed by atoms with Gasteiger partial charge in [-0.05, 0) is 19.9 Å². The van der Waals surface area contributed by atoms with Gasteiger partial charge in [0.05, 0.1) is 18.6 Å². The van der Waals surface area contributed by atoms with Crippen molar-refractivity contribution in [1.82, 2.24) is 0 Å². The molecule has 1 aromatic carbocycles. The summed E-state index contributed by atoms with van der Waals surface area (Å²) in [5, 5.41) is 0.